The number of nitrogens with zero attached hydrogens (tertiary/aromatic N) is 2. The molecule has 2 aromatic rings. The van der Waals surface area contributed by atoms with Crippen LogP contribution >= 0.6 is 0 Å². The largest absolute Gasteiger partial charge is 0.344 e. The summed E-state index contributed by atoms with van der Waals surface area (Å²) in [5.41, 5.74) is 2.03. The molecule has 1 atom stereocenters. The van der Waals surface area contributed by atoms with Gasteiger partial charge >= 0.3 is 0 Å². The number of ketones is 1. The number of Topliss-reactive ketones (excluding diaryl/α,β-unsaturated/α-hetero) is 1. The maximum atomic E-state index is 12.0. The Morgan fingerprint density at radius 2 is 2.12 bits per heavy atom. The Bertz CT molecular complexity index is 516. The number of hydrogen-bond acceptors (Lipinski definition) is 2. The maximum absolute atomic E-state index is 12.0. The molecule has 0 radical (unpaired) electrons. The molecule has 0 N–H and O–H groups in total. The molecule has 0 fully saturated rings. The van der Waals surface area contributed by atoms with Crippen molar-refractivity contribution in [3.8, 4) is 0 Å². The molecule has 0 saturated carbocycles. The van der Waals surface area contributed by atoms with Gasteiger partial charge in [-0.3, -0.25) is 9.78 Å². The molecular weight excluding hydrogens is 200 g/mol. The van der Waals surface area contributed by atoms with Crippen LogP contribution in [0.3, 0.4) is 0 Å². The van der Waals surface area contributed by atoms with Crippen LogP contribution in [0.25, 0.3) is 0 Å². The molecule has 0 bridgehead atoms. The van der Waals surface area contributed by atoms with E-state index in [0.29, 0.717) is 0 Å². The second-order valence-corrected chi connectivity index (χ2v) is 4.17. The van der Waals surface area contributed by atoms with Crippen molar-refractivity contribution in [1.29, 1.82) is 0 Å². The topological polar surface area (TPSA) is 34.9 Å². The van der Waals surface area contributed by atoms with Crippen molar-refractivity contribution < 1.29 is 4.79 Å². The van der Waals surface area contributed by atoms with Crippen LogP contribution < -0.4 is 0 Å². The molecule has 1 aliphatic heterocycles. The minimum Gasteiger partial charge on any atom is -0.344 e. The third-order valence-electron chi connectivity index (χ3n) is 3.10. The van der Waals surface area contributed by atoms with E-state index >= 15 is 0 Å². The summed E-state index contributed by atoms with van der Waals surface area (Å²) in [7, 11) is 0. The molecule has 3 rings (SSSR count). The molecule has 0 aromatic carbocycles. The highest BCUT2D eigenvalue weighted by Gasteiger charge is 2.29. The number of carbonyl (C=O) groups is 1. The summed E-state index contributed by atoms with van der Waals surface area (Å²) >= 11 is 0. The molecule has 3 heteroatoms. The molecule has 3 nitrogen and oxygen atoms in total. The van der Waals surface area contributed by atoms with Crippen LogP contribution in [0.2, 0.25) is 0 Å². The highest BCUT2D eigenvalue weighted by Crippen LogP contribution is 2.23. The number of fused-ring (bicyclic) bond motifs is 1. The highest BCUT2D eigenvalue weighted by molar-refractivity contribution is 5.98. The second-order valence-electron chi connectivity index (χ2n) is 4.17. The summed E-state index contributed by atoms with van der Waals surface area (Å²) in [6, 6.07) is 7.77. The van der Waals surface area contributed by atoms with Crippen molar-refractivity contribution in [3.05, 3.63) is 54.1 Å². The Morgan fingerprint density at radius 3 is 2.88 bits per heavy atom. The first-order valence-electron chi connectivity index (χ1n) is 5.43. The lowest BCUT2D eigenvalue weighted by Crippen LogP contribution is -2.12. The van der Waals surface area contributed by atoms with Crippen LogP contribution in [-0.4, -0.2) is 15.3 Å². The molecular formula is C13H12N2O. The fraction of sp³-hybridized carbons (Fsp3) is 0.231. The van der Waals surface area contributed by atoms with Crippen molar-refractivity contribution in [2.45, 2.75) is 13.0 Å². The predicted octanol–water partition coefficient (Wildman–Crippen LogP) is 1.94. The van der Waals surface area contributed by atoms with E-state index in [1.54, 1.807) is 12.4 Å². The van der Waals surface area contributed by atoms with Crippen molar-refractivity contribution in [3.63, 3.8) is 0 Å². The quantitative estimate of drug-likeness (QED) is 0.762. The number of carbonyl (C=O) groups excluding carboxylic acids is 1. The third-order valence-corrected chi connectivity index (χ3v) is 3.10. The first-order chi connectivity index (χ1) is 7.84. The molecule has 0 aliphatic carbocycles. The van der Waals surface area contributed by atoms with Gasteiger partial charge in [-0.15, -0.1) is 0 Å². The van der Waals surface area contributed by atoms with Crippen LogP contribution in [-0.2, 0) is 13.0 Å². The third kappa shape index (κ3) is 1.45. The zero-order chi connectivity index (χ0) is 11.0. The number of hydrogen-bond donors (Lipinski definition) is 0. The van der Waals surface area contributed by atoms with Gasteiger partial charge in [0.25, 0.3) is 0 Å². The average molecular weight is 212 g/mol. The van der Waals surface area contributed by atoms with Gasteiger partial charge in [-0.05, 0) is 36.2 Å². The van der Waals surface area contributed by atoms with Gasteiger partial charge in [0, 0.05) is 31.1 Å². The lowest BCUT2D eigenvalue weighted by Gasteiger charge is -2.07. The normalized spacial score (nSPS) is 18.8. The van der Waals surface area contributed by atoms with Crippen LogP contribution in [0, 0.1) is 5.92 Å². The van der Waals surface area contributed by atoms with E-state index in [2.05, 4.69) is 4.98 Å². The van der Waals surface area contributed by atoms with Gasteiger partial charge in [-0.25, -0.2) is 0 Å². The fourth-order valence-corrected chi connectivity index (χ4v) is 2.29. The van der Waals surface area contributed by atoms with E-state index in [-0.39, 0.29) is 11.7 Å². The number of rotatable bonds is 2. The standard InChI is InChI=1S/C13H12N2O/c16-13-11(8-10-3-5-14-6-4-10)9-15-7-1-2-12(13)15/h1-7,11H,8-9H2. The van der Waals surface area contributed by atoms with Gasteiger partial charge in [-0.1, -0.05) is 0 Å². The molecule has 80 valence electrons. The van der Waals surface area contributed by atoms with E-state index in [9.17, 15) is 4.79 Å². The zero-order valence-corrected chi connectivity index (χ0v) is 8.84. The van der Waals surface area contributed by atoms with E-state index in [0.717, 1.165) is 18.7 Å². The van der Waals surface area contributed by atoms with Gasteiger partial charge in [0.1, 0.15) is 0 Å². The molecule has 16 heavy (non-hydrogen) atoms. The summed E-state index contributed by atoms with van der Waals surface area (Å²) < 4.78 is 2.04. The Balaban J connectivity index is 1.80. The van der Waals surface area contributed by atoms with Gasteiger partial charge in [0.2, 0.25) is 0 Å². The molecule has 1 unspecified atom stereocenters. The average Bonchev–Trinajstić information content (AvgIpc) is 2.86. The molecule has 3 heterocycles. The van der Waals surface area contributed by atoms with Gasteiger partial charge in [0.05, 0.1) is 5.69 Å². The SMILES string of the molecule is O=C1c2cccn2CC1Cc1ccncc1. The van der Waals surface area contributed by atoms with Crippen LogP contribution in [0.15, 0.2) is 42.9 Å². The summed E-state index contributed by atoms with van der Waals surface area (Å²) in [4.78, 5) is 16.0. The first kappa shape index (κ1) is 9.33. The van der Waals surface area contributed by atoms with Crippen molar-refractivity contribution in [2.75, 3.05) is 0 Å². The minimum atomic E-state index is 0.0959. The Hall–Kier alpha value is -1.90. The van der Waals surface area contributed by atoms with Gasteiger partial charge < -0.3 is 4.57 Å². The lowest BCUT2D eigenvalue weighted by molar-refractivity contribution is 0.0936. The second kappa shape index (κ2) is 3.59. The summed E-state index contributed by atoms with van der Waals surface area (Å²) in [5, 5.41) is 0. The van der Waals surface area contributed by atoms with Gasteiger partial charge in [-0.2, -0.15) is 0 Å². The van der Waals surface area contributed by atoms with Crippen LogP contribution in [0.4, 0.5) is 0 Å². The lowest BCUT2D eigenvalue weighted by atomic mass is 9.97. The Labute approximate surface area is 93.7 Å². The van der Waals surface area contributed by atoms with Crippen LogP contribution in [0.5, 0.6) is 0 Å². The van der Waals surface area contributed by atoms with Gasteiger partial charge in [0.15, 0.2) is 5.78 Å². The fourth-order valence-electron chi connectivity index (χ4n) is 2.29. The number of pyridine rings is 1. The minimum absolute atomic E-state index is 0.0959. The van der Waals surface area contributed by atoms with E-state index in [4.69, 9.17) is 0 Å². The summed E-state index contributed by atoms with van der Waals surface area (Å²) in [6.07, 6.45) is 6.33. The summed E-state index contributed by atoms with van der Waals surface area (Å²) in [6.45, 7) is 0.809. The van der Waals surface area contributed by atoms with E-state index in [1.807, 2.05) is 35.0 Å². The molecule has 1 aliphatic rings. The van der Waals surface area contributed by atoms with Crippen LogP contribution in [0.1, 0.15) is 16.1 Å². The number of aromatic nitrogens is 2. The molecule has 0 amide bonds. The monoisotopic (exact) mass is 212 g/mol. The Kier molecular flexibility index (Phi) is 2.10. The predicted molar refractivity (Wildman–Crippen MR) is 60.2 cm³/mol. The van der Waals surface area contributed by atoms with Crippen molar-refractivity contribution in [2.24, 2.45) is 5.92 Å². The van der Waals surface area contributed by atoms with E-state index < -0.39 is 0 Å². The highest BCUT2D eigenvalue weighted by atomic mass is 16.1. The smallest absolute Gasteiger partial charge is 0.184 e. The molecule has 0 saturated heterocycles. The molecule has 2 aromatic heterocycles. The summed E-state index contributed by atoms with van der Waals surface area (Å²) in [5.74, 6) is 0.361. The maximum Gasteiger partial charge on any atom is 0.184 e. The Morgan fingerprint density at radius 1 is 1.31 bits per heavy atom. The molecule has 0 spiro atoms. The van der Waals surface area contributed by atoms with E-state index in [1.165, 1.54) is 5.56 Å². The van der Waals surface area contributed by atoms with Crippen molar-refractivity contribution >= 4 is 5.78 Å². The first-order valence-corrected chi connectivity index (χ1v) is 5.43. The van der Waals surface area contributed by atoms with Crippen molar-refractivity contribution in [1.82, 2.24) is 9.55 Å². The zero-order valence-electron chi connectivity index (χ0n) is 8.84.